The molecular weight excluding hydrogens is 225 g/mol. The van der Waals surface area contributed by atoms with Gasteiger partial charge >= 0.3 is 6.18 Å². The second-order valence-corrected chi connectivity index (χ2v) is 4.06. The average Bonchev–Trinajstić information content (AvgIpc) is 2.09. The predicted molar refractivity (Wildman–Crippen MR) is 50.9 cm³/mol. The highest BCUT2D eigenvalue weighted by Gasteiger charge is 2.33. The highest BCUT2D eigenvalue weighted by atomic mass is 19.4. The van der Waals surface area contributed by atoms with Crippen molar-refractivity contribution < 1.29 is 22.7 Å². The van der Waals surface area contributed by atoms with Gasteiger partial charge in [0.25, 0.3) is 0 Å². The number of hydrogen-bond acceptors (Lipinski definition) is 3. The standard InChI is InChI=1S/C9H15F3N2O2/c1-8(5-13-6-8)16-4-7(15)14-3-2-9(10,11)12/h13H,2-6H2,1H3,(H,14,15). The predicted octanol–water partition coefficient (Wildman–Crippen LogP) is 0.434. The highest BCUT2D eigenvalue weighted by molar-refractivity contribution is 5.77. The topological polar surface area (TPSA) is 50.4 Å². The van der Waals surface area contributed by atoms with Crippen molar-refractivity contribution in [2.45, 2.75) is 25.1 Å². The third kappa shape index (κ3) is 4.80. The van der Waals surface area contributed by atoms with Gasteiger partial charge in [-0.1, -0.05) is 0 Å². The molecule has 0 spiro atoms. The van der Waals surface area contributed by atoms with Gasteiger partial charge in [0.15, 0.2) is 0 Å². The zero-order chi connectivity index (χ0) is 12.2. The minimum Gasteiger partial charge on any atom is -0.363 e. The van der Waals surface area contributed by atoms with Crippen LogP contribution >= 0.6 is 0 Å². The molecule has 2 N–H and O–H groups in total. The van der Waals surface area contributed by atoms with Crippen LogP contribution in [0, 0.1) is 0 Å². The average molecular weight is 240 g/mol. The molecule has 1 fully saturated rings. The van der Waals surface area contributed by atoms with E-state index in [4.69, 9.17) is 4.74 Å². The van der Waals surface area contributed by atoms with Gasteiger partial charge in [-0.2, -0.15) is 13.2 Å². The van der Waals surface area contributed by atoms with Crippen LogP contribution in [-0.2, 0) is 9.53 Å². The lowest BCUT2D eigenvalue weighted by Crippen LogP contribution is -2.59. The lowest BCUT2D eigenvalue weighted by Gasteiger charge is -2.38. The van der Waals surface area contributed by atoms with Crippen molar-refractivity contribution >= 4 is 5.91 Å². The van der Waals surface area contributed by atoms with Gasteiger partial charge in [0.05, 0.1) is 12.0 Å². The molecule has 1 saturated heterocycles. The molecule has 1 heterocycles. The first kappa shape index (κ1) is 13.2. The van der Waals surface area contributed by atoms with Crippen LogP contribution in [0.2, 0.25) is 0 Å². The van der Waals surface area contributed by atoms with Crippen LogP contribution in [0.5, 0.6) is 0 Å². The first-order valence-corrected chi connectivity index (χ1v) is 4.99. The molecule has 0 radical (unpaired) electrons. The van der Waals surface area contributed by atoms with E-state index in [0.29, 0.717) is 13.1 Å². The fourth-order valence-electron chi connectivity index (χ4n) is 1.21. The molecule has 1 amide bonds. The first-order valence-electron chi connectivity index (χ1n) is 4.99. The SMILES string of the molecule is CC1(OCC(=O)NCCC(F)(F)F)CNC1. The van der Waals surface area contributed by atoms with E-state index in [-0.39, 0.29) is 12.2 Å². The molecule has 0 aromatic carbocycles. The van der Waals surface area contributed by atoms with Gasteiger partial charge in [-0.25, -0.2) is 0 Å². The number of carbonyl (C=O) groups excluding carboxylic acids is 1. The summed E-state index contributed by atoms with van der Waals surface area (Å²) in [5.74, 6) is -0.516. The molecule has 0 aliphatic carbocycles. The smallest absolute Gasteiger partial charge is 0.363 e. The van der Waals surface area contributed by atoms with Crippen molar-refractivity contribution in [1.29, 1.82) is 0 Å². The van der Waals surface area contributed by atoms with Crippen molar-refractivity contribution in [2.75, 3.05) is 26.2 Å². The molecule has 1 aliphatic rings. The lowest BCUT2D eigenvalue weighted by atomic mass is 10.0. The number of nitrogens with one attached hydrogen (secondary N) is 2. The minimum atomic E-state index is -4.24. The molecule has 94 valence electrons. The van der Waals surface area contributed by atoms with Crippen molar-refractivity contribution in [1.82, 2.24) is 10.6 Å². The Morgan fingerprint density at radius 2 is 2.12 bits per heavy atom. The Morgan fingerprint density at radius 3 is 2.56 bits per heavy atom. The molecule has 0 unspecified atom stereocenters. The molecule has 4 nitrogen and oxygen atoms in total. The number of ether oxygens (including phenoxy) is 1. The molecule has 1 rings (SSSR count). The third-order valence-corrected chi connectivity index (χ3v) is 2.28. The zero-order valence-electron chi connectivity index (χ0n) is 8.99. The second kappa shape index (κ2) is 5.01. The summed E-state index contributed by atoms with van der Waals surface area (Å²) in [6.07, 6.45) is -5.25. The maximum Gasteiger partial charge on any atom is 0.390 e. The Labute approximate surface area is 91.5 Å². The summed E-state index contributed by atoms with van der Waals surface area (Å²) >= 11 is 0. The Balaban J connectivity index is 2.07. The third-order valence-electron chi connectivity index (χ3n) is 2.28. The molecule has 0 bridgehead atoms. The summed E-state index contributed by atoms with van der Waals surface area (Å²) in [6.45, 7) is 2.55. The van der Waals surface area contributed by atoms with Crippen LogP contribution in [0.25, 0.3) is 0 Å². The van der Waals surface area contributed by atoms with E-state index in [9.17, 15) is 18.0 Å². The maximum atomic E-state index is 11.8. The summed E-state index contributed by atoms with van der Waals surface area (Å²) in [5.41, 5.74) is -0.360. The Morgan fingerprint density at radius 1 is 1.50 bits per heavy atom. The van der Waals surface area contributed by atoms with E-state index < -0.39 is 25.0 Å². The first-order chi connectivity index (χ1) is 7.31. The van der Waals surface area contributed by atoms with Crippen molar-refractivity contribution in [3.8, 4) is 0 Å². The van der Waals surface area contributed by atoms with Gasteiger partial charge in [-0.3, -0.25) is 4.79 Å². The van der Waals surface area contributed by atoms with E-state index in [0.717, 1.165) is 0 Å². The summed E-state index contributed by atoms with van der Waals surface area (Å²) in [6, 6.07) is 0. The molecule has 0 saturated carbocycles. The van der Waals surface area contributed by atoms with Gasteiger partial charge in [0, 0.05) is 19.6 Å². The van der Waals surface area contributed by atoms with Crippen LogP contribution in [0.3, 0.4) is 0 Å². The monoisotopic (exact) mass is 240 g/mol. The molecule has 0 atom stereocenters. The van der Waals surface area contributed by atoms with Crippen molar-refractivity contribution in [2.24, 2.45) is 0 Å². The fourth-order valence-corrected chi connectivity index (χ4v) is 1.21. The molecule has 16 heavy (non-hydrogen) atoms. The summed E-state index contributed by atoms with van der Waals surface area (Å²) in [7, 11) is 0. The normalized spacial score (nSPS) is 19.0. The molecular formula is C9H15F3N2O2. The van der Waals surface area contributed by atoms with Crippen molar-refractivity contribution in [3.05, 3.63) is 0 Å². The highest BCUT2D eigenvalue weighted by Crippen LogP contribution is 2.18. The largest absolute Gasteiger partial charge is 0.390 e. The Bertz CT molecular complexity index is 252. The van der Waals surface area contributed by atoms with E-state index in [1.165, 1.54) is 0 Å². The number of alkyl halides is 3. The van der Waals surface area contributed by atoms with Crippen LogP contribution in [0.4, 0.5) is 13.2 Å². The number of amides is 1. The maximum absolute atomic E-state index is 11.8. The Kier molecular flexibility index (Phi) is 4.15. The zero-order valence-corrected chi connectivity index (χ0v) is 8.99. The number of halogens is 3. The molecule has 1 aliphatic heterocycles. The van der Waals surface area contributed by atoms with Crippen LogP contribution in [0.1, 0.15) is 13.3 Å². The molecule has 7 heteroatoms. The summed E-state index contributed by atoms with van der Waals surface area (Å²) in [4.78, 5) is 11.1. The Hall–Kier alpha value is -0.820. The number of hydrogen-bond donors (Lipinski definition) is 2. The summed E-state index contributed by atoms with van der Waals surface area (Å²) < 4.78 is 40.5. The van der Waals surface area contributed by atoms with Gasteiger partial charge < -0.3 is 15.4 Å². The minimum absolute atomic E-state index is 0.198. The van der Waals surface area contributed by atoms with Gasteiger partial charge in [-0.15, -0.1) is 0 Å². The van der Waals surface area contributed by atoms with E-state index in [1.807, 2.05) is 6.92 Å². The van der Waals surface area contributed by atoms with Gasteiger partial charge in [0.1, 0.15) is 6.61 Å². The van der Waals surface area contributed by atoms with Crippen LogP contribution in [-0.4, -0.2) is 43.9 Å². The quantitative estimate of drug-likeness (QED) is 0.733. The van der Waals surface area contributed by atoms with Crippen LogP contribution < -0.4 is 10.6 Å². The molecule has 0 aromatic heterocycles. The number of rotatable bonds is 5. The molecule has 0 aromatic rings. The van der Waals surface area contributed by atoms with E-state index >= 15 is 0 Å². The van der Waals surface area contributed by atoms with E-state index in [2.05, 4.69) is 10.6 Å². The summed E-state index contributed by atoms with van der Waals surface area (Å²) in [5, 5.41) is 5.14. The van der Waals surface area contributed by atoms with Crippen LogP contribution in [0.15, 0.2) is 0 Å². The fraction of sp³-hybridized carbons (Fsp3) is 0.889. The number of carbonyl (C=O) groups is 1. The van der Waals surface area contributed by atoms with Crippen molar-refractivity contribution in [3.63, 3.8) is 0 Å². The van der Waals surface area contributed by atoms with Gasteiger partial charge in [0.2, 0.25) is 5.91 Å². The van der Waals surface area contributed by atoms with Gasteiger partial charge in [-0.05, 0) is 6.92 Å². The van der Waals surface area contributed by atoms with E-state index in [1.54, 1.807) is 0 Å². The second-order valence-electron chi connectivity index (χ2n) is 4.06. The lowest BCUT2D eigenvalue weighted by molar-refractivity contribution is -0.141.